The van der Waals surface area contributed by atoms with E-state index in [0.717, 1.165) is 26.2 Å². The molecule has 6 heteroatoms. The van der Waals surface area contributed by atoms with Gasteiger partial charge in [0, 0.05) is 26.2 Å². The summed E-state index contributed by atoms with van der Waals surface area (Å²) in [5.41, 5.74) is -0.675. The summed E-state index contributed by atoms with van der Waals surface area (Å²) < 4.78 is 0. The summed E-state index contributed by atoms with van der Waals surface area (Å²) in [5.74, 6) is -1.26. The summed E-state index contributed by atoms with van der Waals surface area (Å²) >= 11 is 0. The third kappa shape index (κ3) is 3.41. The quantitative estimate of drug-likeness (QED) is 0.606. The van der Waals surface area contributed by atoms with Crippen LogP contribution in [-0.4, -0.2) is 59.6 Å². The molecule has 1 amide bonds. The number of carboxylic acids is 1. The van der Waals surface area contributed by atoms with Crippen molar-refractivity contribution in [1.82, 2.24) is 15.5 Å². The largest absolute Gasteiger partial charge is 0.480 e. The van der Waals surface area contributed by atoms with Crippen molar-refractivity contribution in [3.63, 3.8) is 0 Å². The average molecular weight is 243 g/mol. The van der Waals surface area contributed by atoms with E-state index in [4.69, 9.17) is 5.11 Å². The zero-order chi connectivity index (χ0) is 13.1. The predicted octanol–water partition coefficient (Wildman–Crippen LogP) is -0.740. The number of aliphatic carboxylic acids is 1. The van der Waals surface area contributed by atoms with Crippen molar-refractivity contribution in [2.45, 2.75) is 32.4 Å². The van der Waals surface area contributed by atoms with Gasteiger partial charge in [-0.3, -0.25) is 14.5 Å². The summed E-state index contributed by atoms with van der Waals surface area (Å²) in [4.78, 5) is 24.8. The highest BCUT2D eigenvalue weighted by molar-refractivity contribution is 5.89. The summed E-state index contributed by atoms with van der Waals surface area (Å²) in [6.07, 6.45) is 0. The second kappa shape index (κ2) is 5.46. The molecule has 1 atom stereocenters. The molecular formula is C11H21N3O3. The number of piperazine rings is 1. The van der Waals surface area contributed by atoms with Crippen LogP contribution in [0.5, 0.6) is 0 Å². The van der Waals surface area contributed by atoms with Gasteiger partial charge < -0.3 is 15.7 Å². The van der Waals surface area contributed by atoms with Gasteiger partial charge in [0.15, 0.2) is 0 Å². The number of carbonyl (C=O) groups excluding carboxylic acids is 1. The van der Waals surface area contributed by atoms with E-state index in [1.54, 1.807) is 0 Å². The zero-order valence-corrected chi connectivity index (χ0v) is 10.6. The van der Waals surface area contributed by atoms with Gasteiger partial charge >= 0.3 is 5.97 Å². The van der Waals surface area contributed by atoms with E-state index in [-0.39, 0.29) is 5.91 Å². The lowest BCUT2D eigenvalue weighted by atomic mass is 10.00. The summed E-state index contributed by atoms with van der Waals surface area (Å²) in [5, 5.41) is 14.5. The van der Waals surface area contributed by atoms with Crippen molar-refractivity contribution in [3.05, 3.63) is 0 Å². The van der Waals surface area contributed by atoms with E-state index in [2.05, 4.69) is 15.5 Å². The van der Waals surface area contributed by atoms with Gasteiger partial charge in [-0.15, -0.1) is 0 Å². The molecule has 0 bridgehead atoms. The van der Waals surface area contributed by atoms with Gasteiger partial charge in [0.25, 0.3) is 0 Å². The first kappa shape index (κ1) is 13.9. The molecular weight excluding hydrogens is 222 g/mol. The molecule has 1 aliphatic heterocycles. The predicted molar refractivity (Wildman–Crippen MR) is 63.8 cm³/mol. The first-order valence-electron chi connectivity index (χ1n) is 5.85. The fourth-order valence-corrected chi connectivity index (χ4v) is 1.80. The van der Waals surface area contributed by atoms with Crippen molar-refractivity contribution < 1.29 is 14.7 Å². The standard InChI is InChI=1S/C11H21N3O3/c1-8(9(15)16)13-10(17)11(2,3)14-6-4-12-5-7-14/h8,12H,4-7H2,1-3H3,(H,13,17)(H,15,16). The molecule has 0 aromatic carbocycles. The molecule has 0 saturated carbocycles. The lowest BCUT2D eigenvalue weighted by molar-refractivity contribution is -0.143. The fraction of sp³-hybridized carbons (Fsp3) is 0.818. The molecule has 1 fully saturated rings. The smallest absolute Gasteiger partial charge is 0.325 e. The van der Waals surface area contributed by atoms with Crippen LogP contribution in [0.15, 0.2) is 0 Å². The van der Waals surface area contributed by atoms with E-state index in [1.165, 1.54) is 6.92 Å². The zero-order valence-electron chi connectivity index (χ0n) is 10.6. The molecule has 0 aromatic rings. The SMILES string of the molecule is CC(NC(=O)C(C)(C)N1CCNCC1)C(=O)O. The molecule has 98 valence electrons. The van der Waals surface area contributed by atoms with Gasteiger partial charge in [-0.05, 0) is 20.8 Å². The number of carbonyl (C=O) groups is 2. The summed E-state index contributed by atoms with van der Waals surface area (Å²) in [6, 6.07) is -0.857. The van der Waals surface area contributed by atoms with Crippen molar-refractivity contribution in [3.8, 4) is 0 Å². The Morgan fingerprint density at radius 1 is 1.35 bits per heavy atom. The Bertz CT molecular complexity index is 298. The maximum Gasteiger partial charge on any atom is 0.325 e. The Balaban J connectivity index is 2.61. The fourth-order valence-electron chi connectivity index (χ4n) is 1.80. The summed E-state index contributed by atoms with van der Waals surface area (Å²) in [6.45, 7) is 8.40. The maximum absolute atomic E-state index is 12.0. The van der Waals surface area contributed by atoms with E-state index < -0.39 is 17.6 Å². The molecule has 0 aliphatic carbocycles. The molecule has 1 rings (SSSR count). The van der Waals surface area contributed by atoms with Crippen molar-refractivity contribution >= 4 is 11.9 Å². The van der Waals surface area contributed by atoms with Crippen LogP contribution < -0.4 is 10.6 Å². The molecule has 0 spiro atoms. The summed E-state index contributed by atoms with van der Waals surface area (Å²) in [7, 11) is 0. The minimum atomic E-state index is -1.02. The maximum atomic E-state index is 12.0. The molecule has 1 saturated heterocycles. The Labute approximate surface area is 101 Å². The third-order valence-electron chi connectivity index (χ3n) is 3.18. The van der Waals surface area contributed by atoms with Gasteiger partial charge in [0.1, 0.15) is 6.04 Å². The van der Waals surface area contributed by atoms with Crippen LogP contribution in [0.4, 0.5) is 0 Å². The first-order valence-corrected chi connectivity index (χ1v) is 5.85. The minimum Gasteiger partial charge on any atom is -0.480 e. The Morgan fingerprint density at radius 3 is 2.35 bits per heavy atom. The molecule has 17 heavy (non-hydrogen) atoms. The van der Waals surface area contributed by atoms with Crippen molar-refractivity contribution in [2.24, 2.45) is 0 Å². The van der Waals surface area contributed by atoms with Crippen LogP contribution in [0.1, 0.15) is 20.8 Å². The normalized spacial score (nSPS) is 19.7. The topological polar surface area (TPSA) is 81.7 Å². The molecule has 1 heterocycles. The van der Waals surface area contributed by atoms with Crippen LogP contribution in [0.25, 0.3) is 0 Å². The highest BCUT2D eigenvalue weighted by Crippen LogP contribution is 2.15. The van der Waals surface area contributed by atoms with E-state index in [0.29, 0.717) is 0 Å². The van der Waals surface area contributed by atoms with Gasteiger partial charge in [-0.2, -0.15) is 0 Å². The monoisotopic (exact) mass is 243 g/mol. The number of nitrogens with zero attached hydrogens (tertiary/aromatic N) is 1. The van der Waals surface area contributed by atoms with Crippen LogP contribution in [0.3, 0.4) is 0 Å². The number of rotatable bonds is 4. The van der Waals surface area contributed by atoms with Gasteiger partial charge in [-0.25, -0.2) is 0 Å². The van der Waals surface area contributed by atoms with Crippen LogP contribution in [0.2, 0.25) is 0 Å². The van der Waals surface area contributed by atoms with Crippen molar-refractivity contribution in [1.29, 1.82) is 0 Å². The minimum absolute atomic E-state index is 0.241. The van der Waals surface area contributed by atoms with Gasteiger partial charge in [-0.1, -0.05) is 0 Å². The molecule has 6 nitrogen and oxygen atoms in total. The molecule has 1 unspecified atom stereocenters. The number of hydrogen-bond donors (Lipinski definition) is 3. The van der Waals surface area contributed by atoms with Crippen LogP contribution >= 0.6 is 0 Å². The van der Waals surface area contributed by atoms with E-state index in [9.17, 15) is 9.59 Å². The molecule has 0 aromatic heterocycles. The number of carboxylic acid groups (broad SMARTS) is 1. The highest BCUT2D eigenvalue weighted by Gasteiger charge is 2.36. The molecule has 3 N–H and O–H groups in total. The van der Waals surface area contributed by atoms with E-state index in [1.807, 2.05) is 13.8 Å². The number of hydrogen-bond acceptors (Lipinski definition) is 4. The van der Waals surface area contributed by atoms with E-state index >= 15 is 0 Å². The third-order valence-corrected chi connectivity index (χ3v) is 3.18. The highest BCUT2D eigenvalue weighted by atomic mass is 16.4. The van der Waals surface area contributed by atoms with Crippen LogP contribution in [0, 0.1) is 0 Å². The number of nitrogens with one attached hydrogen (secondary N) is 2. The first-order chi connectivity index (χ1) is 7.85. The molecule has 1 aliphatic rings. The lowest BCUT2D eigenvalue weighted by Gasteiger charge is -2.40. The Morgan fingerprint density at radius 2 is 1.88 bits per heavy atom. The molecule has 0 radical (unpaired) electrons. The van der Waals surface area contributed by atoms with Crippen LogP contribution in [-0.2, 0) is 9.59 Å². The Hall–Kier alpha value is -1.14. The number of amides is 1. The van der Waals surface area contributed by atoms with Gasteiger partial charge in [0.05, 0.1) is 5.54 Å². The average Bonchev–Trinajstić information content (AvgIpc) is 2.29. The Kier molecular flexibility index (Phi) is 4.47. The second-order valence-electron chi connectivity index (χ2n) is 4.83. The van der Waals surface area contributed by atoms with Gasteiger partial charge in [0.2, 0.25) is 5.91 Å². The second-order valence-corrected chi connectivity index (χ2v) is 4.83. The van der Waals surface area contributed by atoms with Crippen molar-refractivity contribution in [2.75, 3.05) is 26.2 Å². The lowest BCUT2D eigenvalue weighted by Crippen LogP contribution is -2.61.